The molecule has 0 aromatic heterocycles. The van der Waals surface area contributed by atoms with Gasteiger partial charge in [0.05, 0.1) is 0 Å². The van der Waals surface area contributed by atoms with Crippen LogP contribution in [0.4, 0.5) is 4.79 Å². The molecule has 0 bridgehead atoms. The van der Waals surface area contributed by atoms with E-state index in [0.29, 0.717) is 12.1 Å². The maximum absolute atomic E-state index is 11.0. The molecule has 0 unspecified atom stereocenters. The number of benzene rings is 1. The van der Waals surface area contributed by atoms with Gasteiger partial charge in [0.25, 0.3) is 0 Å². The first-order valence-corrected chi connectivity index (χ1v) is 6.52. The molecule has 4 heteroatoms. The van der Waals surface area contributed by atoms with E-state index in [1.54, 1.807) is 4.90 Å². The molecule has 98 valence electrons. The number of carbonyl (C=O) groups is 1. The minimum atomic E-state index is -0.301. The van der Waals surface area contributed by atoms with E-state index in [2.05, 4.69) is 36.5 Å². The molecule has 0 saturated carbocycles. The summed E-state index contributed by atoms with van der Waals surface area (Å²) < 4.78 is 0. The van der Waals surface area contributed by atoms with Gasteiger partial charge in [-0.05, 0) is 25.3 Å². The van der Waals surface area contributed by atoms with Crippen LogP contribution >= 0.6 is 0 Å². The third-order valence-electron chi connectivity index (χ3n) is 3.59. The molecular weight excluding hydrogens is 226 g/mol. The molecule has 4 nitrogen and oxygen atoms in total. The Hall–Kier alpha value is -1.55. The summed E-state index contributed by atoms with van der Waals surface area (Å²) in [6.07, 6.45) is 1.94. The van der Waals surface area contributed by atoms with Crippen LogP contribution < -0.4 is 11.1 Å². The zero-order valence-corrected chi connectivity index (χ0v) is 10.8. The summed E-state index contributed by atoms with van der Waals surface area (Å²) in [4.78, 5) is 12.7. The van der Waals surface area contributed by atoms with E-state index in [1.807, 2.05) is 6.07 Å². The maximum Gasteiger partial charge on any atom is 0.314 e. The Balaban J connectivity index is 1.83. The van der Waals surface area contributed by atoms with Crippen molar-refractivity contribution in [2.75, 3.05) is 13.1 Å². The van der Waals surface area contributed by atoms with Gasteiger partial charge >= 0.3 is 6.03 Å². The Kier molecular flexibility index (Phi) is 4.20. The van der Waals surface area contributed by atoms with Gasteiger partial charge in [0, 0.05) is 25.2 Å². The summed E-state index contributed by atoms with van der Waals surface area (Å²) in [7, 11) is 0. The third kappa shape index (κ3) is 3.23. The number of primary amides is 1. The minimum Gasteiger partial charge on any atom is -0.351 e. The van der Waals surface area contributed by atoms with E-state index in [9.17, 15) is 4.79 Å². The predicted molar refractivity (Wildman–Crippen MR) is 72.2 cm³/mol. The quantitative estimate of drug-likeness (QED) is 0.856. The number of hydrogen-bond acceptors (Lipinski definition) is 2. The van der Waals surface area contributed by atoms with E-state index in [1.165, 1.54) is 5.56 Å². The van der Waals surface area contributed by atoms with Crippen LogP contribution in [-0.4, -0.2) is 30.1 Å². The van der Waals surface area contributed by atoms with E-state index < -0.39 is 0 Å². The van der Waals surface area contributed by atoms with Crippen molar-refractivity contribution >= 4 is 6.03 Å². The lowest BCUT2D eigenvalue weighted by Gasteiger charge is -2.33. The lowest BCUT2D eigenvalue weighted by Crippen LogP contribution is -2.47. The fourth-order valence-corrected chi connectivity index (χ4v) is 2.46. The number of likely N-dealkylation sites (tertiary alicyclic amines) is 1. The summed E-state index contributed by atoms with van der Waals surface area (Å²) >= 11 is 0. The normalized spacial score (nSPS) is 18.6. The molecule has 1 aliphatic rings. The summed E-state index contributed by atoms with van der Waals surface area (Å²) in [5, 5.41) is 3.62. The highest BCUT2D eigenvalue weighted by molar-refractivity contribution is 5.72. The maximum atomic E-state index is 11.0. The van der Waals surface area contributed by atoms with Gasteiger partial charge in [0.2, 0.25) is 0 Å². The van der Waals surface area contributed by atoms with Crippen molar-refractivity contribution < 1.29 is 4.79 Å². The van der Waals surface area contributed by atoms with Crippen molar-refractivity contribution in [3.8, 4) is 0 Å². The number of amides is 2. The summed E-state index contributed by atoms with van der Waals surface area (Å²) in [6, 6.07) is 10.9. The fraction of sp³-hybridized carbons (Fsp3) is 0.500. The van der Waals surface area contributed by atoms with Gasteiger partial charge < -0.3 is 16.0 Å². The number of nitrogens with two attached hydrogens (primary N) is 1. The SMILES string of the molecule is C[C@H](NC1CCN(C(N)=O)CC1)c1ccccc1. The standard InChI is InChI=1S/C14H21N3O/c1-11(12-5-3-2-4-6-12)16-13-7-9-17(10-8-13)14(15)18/h2-6,11,13,16H,7-10H2,1H3,(H2,15,18)/t11-/m0/s1. The number of carbonyl (C=O) groups excluding carboxylic acids is 1. The molecule has 0 spiro atoms. The highest BCUT2D eigenvalue weighted by atomic mass is 16.2. The number of rotatable bonds is 3. The highest BCUT2D eigenvalue weighted by Crippen LogP contribution is 2.16. The lowest BCUT2D eigenvalue weighted by atomic mass is 10.0. The van der Waals surface area contributed by atoms with E-state index in [0.717, 1.165) is 25.9 Å². The smallest absolute Gasteiger partial charge is 0.314 e. The average Bonchev–Trinajstić information content (AvgIpc) is 2.40. The molecule has 0 radical (unpaired) electrons. The Morgan fingerprint density at radius 1 is 1.33 bits per heavy atom. The molecule has 1 atom stereocenters. The predicted octanol–water partition coefficient (Wildman–Crippen LogP) is 1.88. The van der Waals surface area contributed by atoms with Gasteiger partial charge in [-0.1, -0.05) is 30.3 Å². The molecule has 0 aliphatic carbocycles. The molecule has 1 aliphatic heterocycles. The van der Waals surface area contributed by atoms with Crippen LogP contribution in [0.2, 0.25) is 0 Å². The van der Waals surface area contributed by atoms with Gasteiger partial charge in [0.1, 0.15) is 0 Å². The summed E-state index contributed by atoms with van der Waals surface area (Å²) in [5.41, 5.74) is 6.57. The molecule has 2 amide bonds. The third-order valence-corrected chi connectivity index (χ3v) is 3.59. The Morgan fingerprint density at radius 3 is 2.50 bits per heavy atom. The monoisotopic (exact) mass is 247 g/mol. The van der Waals surface area contributed by atoms with Crippen LogP contribution in [0.25, 0.3) is 0 Å². The Labute approximate surface area is 108 Å². The Morgan fingerprint density at radius 2 is 1.94 bits per heavy atom. The zero-order chi connectivity index (χ0) is 13.0. The van der Waals surface area contributed by atoms with Crippen molar-refractivity contribution in [2.24, 2.45) is 5.73 Å². The molecule has 3 N–H and O–H groups in total. The van der Waals surface area contributed by atoms with Crippen LogP contribution in [-0.2, 0) is 0 Å². The van der Waals surface area contributed by atoms with Crippen LogP contribution in [0.5, 0.6) is 0 Å². The highest BCUT2D eigenvalue weighted by Gasteiger charge is 2.22. The van der Waals surface area contributed by atoms with Crippen molar-refractivity contribution in [1.29, 1.82) is 0 Å². The molecular formula is C14H21N3O. The first kappa shape index (κ1) is 12.9. The second-order valence-corrected chi connectivity index (χ2v) is 4.90. The van der Waals surface area contributed by atoms with Gasteiger partial charge in [-0.3, -0.25) is 0 Å². The number of piperidine rings is 1. The molecule has 1 aromatic carbocycles. The molecule has 1 heterocycles. The average molecular weight is 247 g/mol. The van der Waals surface area contributed by atoms with Crippen LogP contribution in [0.15, 0.2) is 30.3 Å². The van der Waals surface area contributed by atoms with Crippen LogP contribution in [0, 0.1) is 0 Å². The van der Waals surface area contributed by atoms with Gasteiger partial charge in [-0.25, -0.2) is 4.79 Å². The van der Waals surface area contributed by atoms with Crippen molar-refractivity contribution in [2.45, 2.75) is 31.8 Å². The summed E-state index contributed by atoms with van der Waals surface area (Å²) in [6.45, 7) is 3.69. The second-order valence-electron chi connectivity index (χ2n) is 4.90. The molecule has 1 fully saturated rings. The number of nitrogens with one attached hydrogen (secondary N) is 1. The Bertz CT molecular complexity index is 385. The van der Waals surface area contributed by atoms with Crippen molar-refractivity contribution in [3.05, 3.63) is 35.9 Å². The van der Waals surface area contributed by atoms with E-state index >= 15 is 0 Å². The first-order chi connectivity index (χ1) is 8.66. The number of hydrogen-bond donors (Lipinski definition) is 2. The number of nitrogens with zero attached hydrogens (tertiary/aromatic N) is 1. The first-order valence-electron chi connectivity index (χ1n) is 6.52. The summed E-state index contributed by atoms with van der Waals surface area (Å²) in [5.74, 6) is 0. The minimum absolute atomic E-state index is 0.301. The van der Waals surface area contributed by atoms with Gasteiger partial charge in [-0.15, -0.1) is 0 Å². The molecule has 1 saturated heterocycles. The van der Waals surface area contributed by atoms with Crippen LogP contribution in [0.1, 0.15) is 31.4 Å². The molecule has 2 rings (SSSR count). The largest absolute Gasteiger partial charge is 0.351 e. The van der Waals surface area contributed by atoms with Crippen molar-refractivity contribution in [3.63, 3.8) is 0 Å². The van der Waals surface area contributed by atoms with E-state index in [-0.39, 0.29) is 6.03 Å². The second kappa shape index (κ2) is 5.87. The topological polar surface area (TPSA) is 58.4 Å². The fourth-order valence-electron chi connectivity index (χ4n) is 2.46. The van der Waals surface area contributed by atoms with E-state index in [4.69, 9.17) is 5.73 Å². The van der Waals surface area contributed by atoms with Gasteiger partial charge in [0.15, 0.2) is 0 Å². The number of urea groups is 1. The van der Waals surface area contributed by atoms with Crippen molar-refractivity contribution in [1.82, 2.24) is 10.2 Å². The molecule has 1 aromatic rings. The van der Waals surface area contributed by atoms with Crippen LogP contribution in [0.3, 0.4) is 0 Å². The lowest BCUT2D eigenvalue weighted by molar-refractivity contribution is 0.183. The molecule has 18 heavy (non-hydrogen) atoms. The van der Waals surface area contributed by atoms with Gasteiger partial charge in [-0.2, -0.15) is 0 Å². The zero-order valence-electron chi connectivity index (χ0n) is 10.8.